The third-order valence-corrected chi connectivity index (χ3v) is 8.69. The summed E-state index contributed by atoms with van der Waals surface area (Å²) in [5.74, 6) is 0.669. The molecule has 3 aromatic carbocycles. The first-order valence-electron chi connectivity index (χ1n) is 15.8. The number of rotatable bonds is 3. The summed E-state index contributed by atoms with van der Waals surface area (Å²) in [4.78, 5) is 4.57. The van der Waals surface area contributed by atoms with Crippen molar-refractivity contribution in [3.05, 3.63) is 89.6 Å². The number of fused-ring (bicyclic) bond motifs is 3. The molecule has 0 spiro atoms. The summed E-state index contributed by atoms with van der Waals surface area (Å²) in [5, 5.41) is 1.18. The van der Waals surface area contributed by atoms with Crippen molar-refractivity contribution in [2.24, 2.45) is 5.41 Å². The standard InChI is InChI=1S/C32H35NOSi/c1-21-17-23(19-32(3,4)5)15-16-24(21)28-18-29(33-20-22(28)2)27-13-10-12-26-25-11-8-9-14-30(25)35(6,7)34-31(26)27/h8-18,20H,19H2,1-7H3/i1D3,2D3,19D2. The lowest BCUT2D eigenvalue weighted by Gasteiger charge is -2.34. The van der Waals surface area contributed by atoms with Gasteiger partial charge in [-0.1, -0.05) is 75.4 Å². The Morgan fingerprint density at radius 2 is 1.57 bits per heavy atom. The number of para-hydroxylation sites is 1. The van der Waals surface area contributed by atoms with Crippen LogP contribution in [0.5, 0.6) is 5.75 Å². The molecule has 0 bridgehead atoms. The maximum Gasteiger partial charge on any atom is 0.277 e. The molecule has 0 amide bonds. The monoisotopic (exact) mass is 485 g/mol. The second-order valence-electron chi connectivity index (χ2n) is 10.6. The van der Waals surface area contributed by atoms with Gasteiger partial charge in [0, 0.05) is 28.3 Å². The summed E-state index contributed by atoms with van der Waals surface area (Å²) in [5.41, 5.74) is 2.77. The molecule has 35 heavy (non-hydrogen) atoms. The van der Waals surface area contributed by atoms with E-state index in [1.54, 1.807) is 32.9 Å². The quantitative estimate of drug-likeness (QED) is 0.274. The second kappa shape index (κ2) is 8.49. The first-order chi connectivity index (χ1) is 19.7. The molecule has 1 aliphatic heterocycles. The first-order valence-corrected chi connectivity index (χ1v) is 14.7. The molecular weight excluding hydrogens is 442 g/mol. The Labute approximate surface area is 222 Å². The maximum absolute atomic E-state index is 8.73. The molecule has 3 heteroatoms. The molecule has 0 N–H and O–H groups in total. The van der Waals surface area contributed by atoms with Gasteiger partial charge in [0.1, 0.15) is 5.75 Å². The molecule has 0 fully saturated rings. The third kappa shape index (κ3) is 4.46. The van der Waals surface area contributed by atoms with Crippen molar-refractivity contribution in [2.75, 3.05) is 0 Å². The minimum atomic E-state index is -2.64. The third-order valence-electron chi connectivity index (χ3n) is 6.25. The van der Waals surface area contributed by atoms with E-state index >= 15 is 0 Å². The van der Waals surface area contributed by atoms with Crippen LogP contribution >= 0.6 is 0 Å². The molecule has 1 aromatic heterocycles. The van der Waals surface area contributed by atoms with Crippen LogP contribution in [0.4, 0.5) is 0 Å². The van der Waals surface area contributed by atoms with Gasteiger partial charge in [-0.05, 0) is 89.3 Å². The maximum atomic E-state index is 8.73. The molecule has 5 rings (SSSR count). The number of hydrogen-bond donors (Lipinski definition) is 0. The summed E-state index contributed by atoms with van der Waals surface area (Å²) < 4.78 is 73.9. The predicted molar refractivity (Wildman–Crippen MR) is 151 cm³/mol. The Bertz CT molecular complexity index is 1720. The van der Waals surface area contributed by atoms with Gasteiger partial charge in [-0.2, -0.15) is 0 Å². The highest BCUT2D eigenvalue weighted by Crippen LogP contribution is 2.43. The average Bonchev–Trinajstić information content (AvgIpc) is 2.90. The zero-order valence-electron chi connectivity index (χ0n) is 28.8. The van der Waals surface area contributed by atoms with E-state index in [-0.39, 0.29) is 27.8 Å². The van der Waals surface area contributed by atoms with Crippen molar-refractivity contribution < 1.29 is 15.4 Å². The summed E-state index contributed by atoms with van der Waals surface area (Å²) in [6.45, 7) is 4.30. The Hall–Kier alpha value is -3.17. The molecule has 4 aromatic rings. The lowest BCUT2D eigenvalue weighted by Crippen LogP contribution is -2.50. The molecule has 0 radical (unpaired) electrons. The molecule has 0 saturated heterocycles. The van der Waals surface area contributed by atoms with Crippen molar-refractivity contribution in [1.82, 2.24) is 4.98 Å². The van der Waals surface area contributed by atoms with Crippen molar-refractivity contribution in [2.45, 2.75) is 53.9 Å². The Kier molecular flexibility index (Phi) is 3.82. The second-order valence-corrected chi connectivity index (χ2v) is 14.4. The van der Waals surface area contributed by atoms with Gasteiger partial charge in [0.2, 0.25) is 0 Å². The predicted octanol–water partition coefficient (Wildman–Crippen LogP) is 8.09. The van der Waals surface area contributed by atoms with Gasteiger partial charge in [-0.3, -0.25) is 4.98 Å². The highest BCUT2D eigenvalue weighted by atomic mass is 28.4. The van der Waals surface area contributed by atoms with Gasteiger partial charge in [-0.15, -0.1) is 0 Å². The van der Waals surface area contributed by atoms with Gasteiger partial charge < -0.3 is 4.43 Å². The lowest BCUT2D eigenvalue weighted by atomic mass is 9.86. The average molecular weight is 486 g/mol. The molecule has 0 saturated carbocycles. The van der Waals surface area contributed by atoms with Crippen LogP contribution in [0.25, 0.3) is 33.5 Å². The Balaban J connectivity index is 1.77. The van der Waals surface area contributed by atoms with Gasteiger partial charge in [0.05, 0.1) is 5.69 Å². The molecule has 0 aliphatic carbocycles. The minimum absolute atomic E-state index is 0.0842. The van der Waals surface area contributed by atoms with Crippen LogP contribution < -0.4 is 9.61 Å². The van der Waals surface area contributed by atoms with E-state index in [9.17, 15) is 0 Å². The van der Waals surface area contributed by atoms with Crippen LogP contribution in [0, 0.1) is 19.1 Å². The SMILES string of the molecule is [2H]C([2H])([2H])c1cnc(-c2cccc3c2O[Si](C)(C)c2ccccc2-3)cc1-c1ccc(C([2H])([2H])C(C)(C)C)cc1C([2H])([2H])[2H]. The molecule has 2 heterocycles. The van der Waals surface area contributed by atoms with E-state index in [2.05, 4.69) is 30.2 Å². The van der Waals surface area contributed by atoms with E-state index < -0.39 is 33.8 Å². The fourth-order valence-corrected chi connectivity index (χ4v) is 6.93. The summed E-state index contributed by atoms with van der Waals surface area (Å²) in [6, 6.07) is 20.0. The van der Waals surface area contributed by atoms with E-state index in [4.69, 9.17) is 15.4 Å². The van der Waals surface area contributed by atoms with Gasteiger partial charge in [-0.25, -0.2) is 0 Å². The van der Waals surface area contributed by atoms with Crippen molar-refractivity contribution in [3.63, 3.8) is 0 Å². The van der Waals surface area contributed by atoms with E-state index in [0.29, 0.717) is 17.0 Å². The van der Waals surface area contributed by atoms with Crippen LogP contribution in [-0.4, -0.2) is 13.3 Å². The fraction of sp³-hybridized carbons (Fsp3) is 0.281. The number of hydrogen-bond acceptors (Lipinski definition) is 2. The van der Waals surface area contributed by atoms with E-state index in [1.807, 2.05) is 30.3 Å². The summed E-state index contributed by atoms with van der Waals surface area (Å²) in [7, 11) is -2.35. The molecule has 0 unspecified atom stereocenters. The summed E-state index contributed by atoms with van der Waals surface area (Å²) in [6.07, 6.45) is -0.544. The van der Waals surface area contributed by atoms with Gasteiger partial charge >= 0.3 is 0 Å². The van der Waals surface area contributed by atoms with E-state index in [0.717, 1.165) is 11.1 Å². The van der Waals surface area contributed by atoms with Crippen LogP contribution in [-0.2, 0) is 6.37 Å². The topological polar surface area (TPSA) is 22.1 Å². The van der Waals surface area contributed by atoms with Crippen LogP contribution in [0.3, 0.4) is 0 Å². The molecule has 2 nitrogen and oxygen atoms in total. The van der Waals surface area contributed by atoms with Crippen molar-refractivity contribution >= 4 is 13.5 Å². The molecule has 178 valence electrons. The van der Waals surface area contributed by atoms with Gasteiger partial charge in [0.15, 0.2) is 0 Å². The highest BCUT2D eigenvalue weighted by molar-refractivity contribution is 6.86. The first kappa shape index (κ1) is 15.7. The van der Waals surface area contributed by atoms with Crippen LogP contribution in [0.2, 0.25) is 13.1 Å². The molecule has 0 atom stereocenters. The smallest absolute Gasteiger partial charge is 0.277 e. The minimum Gasteiger partial charge on any atom is -0.539 e. The fourth-order valence-electron chi connectivity index (χ4n) is 4.73. The Morgan fingerprint density at radius 3 is 2.34 bits per heavy atom. The number of nitrogens with zero attached hydrogens (tertiary/aromatic N) is 1. The molecular formula is C32H35NOSi. The highest BCUT2D eigenvalue weighted by Gasteiger charge is 2.36. The van der Waals surface area contributed by atoms with Crippen LogP contribution in [0.15, 0.2) is 72.9 Å². The normalized spacial score (nSPS) is 18.7. The molecule has 1 aliphatic rings. The zero-order chi connectivity index (χ0) is 31.8. The number of pyridine rings is 1. The lowest BCUT2D eigenvalue weighted by molar-refractivity contribution is 0.411. The summed E-state index contributed by atoms with van der Waals surface area (Å²) >= 11 is 0. The largest absolute Gasteiger partial charge is 0.539 e. The van der Waals surface area contributed by atoms with Gasteiger partial charge in [0.25, 0.3) is 8.32 Å². The number of aryl methyl sites for hydroxylation is 2. The Morgan fingerprint density at radius 1 is 0.829 bits per heavy atom. The van der Waals surface area contributed by atoms with Crippen molar-refractivity contribution in [3.8, 4) is 39.3 Å². The number of aromatic nitrogens is 1. The zero-order valence-corrected chi connectivity index (χ0v) is 21.8. The van der Waals surface area contributed by atoms with E-state index in [1.165, 1.54) is 23.5 Å². The number of benzene rings is 3. The van der Waals surface area contributed by atoms with Crippen molar-refractivity contribution in [1.29, 1.82) is 0 Å². The van der Waals surface area contributed by atoms with Crippen LogP contribution in [0.1, 0.15) is 48.4 Å².